The summed E-state index contributed by atoms with van der Waals surface area (Å²) >= 11 is 0. The van der Waals surface area contributed by atoms with Crippen LogP contribution < -0.4 is 63.0 Å². The van der Waals surface area contributed by atoms with Gasteiger partial charge in [-0.2, -0.15) is 0 Å². The normalized spacial score (nSPS) is 7.67. The van der Waals surface area contributed by atoms with Crippen molar-refractivity contribution < 1.29 is 71.9 Å². The van der Waals surface area contributed by atoms with Crippen LogP contribution in [0.2, 0.25) is 0 Å². The molecule has 0 aliphatic heterocycles. The minimum absolute atomic E-state index is 0. The van der Waals surface area contributed by atoms with Crippen LogP contribution in [0, 0.1) is 0 Å². The number of hydrogen-bond acceptors (Lipinski definition) is 3. The molecule has 0 spiro atoms. The van der Waals surface area contributed by atoms with Crippen LogP contribution in [0.15, 0.2) is 0 Å². The summed E-state index contributed by atoms with van der Waals surface area (Å²) in [4.78, 5) is 9.73. The van der Waals surface area contributed by atoms with Gasteiger partial charge in [0, 0.05) is 6.61 Å². The predicted octanol–water partition coefficient (Wildman–Crippen LogP) is -3.42. The van der Waals surface area contributed by atoms with Crippen molar-refractivity contribution in [1.29, 1.82) is 0 Å². The van der Waals surface area contributed by atoms with E-state index in [2.05, 4.69) is 4.43 Å². The van der Waals surface area contributed by atoms with Crippen LogP contribution in [0.25, 0.3) is 0 Å². The third kappa shape index (κ3) is 12.6. The van der Waals surface area contributed by atoms with E-state index in [4.69, 9.17) is 0 Å². The van der Waals surface area contributed by atoms with Crippen molar-refractivity contribution in [2.24, 2.45) is 0 Å². The topological polar surface area (TPSA) is 49.4 Å². The molecule has 0 aliphatic rings. The fourth-order valence-corrected chi connectivity index (χ4v) is 0.611. The van der Waals surface area contributed by atoms with Crippen LogP contribution >= 0.6 is 0 Å². The molecule has 0 bridgehead atoms. The van der Waals surface area contributed by atoms with Gasteiger partial charge in [-0.15, -0.1) is 0 Å². The van der Waals surface area contributed by atoms with Crippen molar-refractivity contribution in [3.05, 3.63) is 0 Å². The van der Waals surface area contributed by atoms with Crippen molar-refractivity contribution in [3.63, 3.8) is 0 Å². The van der Waals surface area contributed by atoms with Gasteiger partial charge in [0.15, 0.2) is 0 Å². The van der Waals surface area contributed by atoms with Crippen molar-refractivity contribution in [2.45, 2.75) is 19.8 Å². The SMILES string of the molecule is CCCCO[Si](=O)[O-].[Rb+]. The van der Waals surface area contributed by atoms with E-state index in [0.717, 1.165) is 12.8 Å². The van der Waals surface area contributed by atoms with Gasteiger partial charge < -0.3 is 13.7 Å². The van der Waals surface area contributed by atoms with Gasteiger partial charge in [0.1, 0.15) is 0 Å². The Morgan fingerprint density at radius 3 is 2.56 bits per heavy atom. The van der Waals surface area contributed by atoms with Crippen molar-refractivity contribution >= 4 is 9.17 Å². The smallest absolute Gasteiger partial charge is 0.588 e. The van der Waals surface area contributed by atoms with Gasteiger partial charge in [-0.3, -0.25) is 0 Å². The van der Waals surface area contributed by atoms with E-state index >= 15 is 0 Å². The summed E-state index contributed by atoms with van der Waals surface area (Å²) in [7, 11) is -2.91. The predicted molar refractivity (Wildman–Crippen MR) is 27.3 cm³/mol. The van der Waals surface area contributed by atoms with E-state index in [1.54, 1.807) is 0 Å². The van der Waals surface area contributed by atoms with Gasteiger partial charge in [-0.25, -0.2) is 0 Å². The molecule has 3 nitrogen and oxygen atoms in total. The molecule has 0 amide bonds. The van der Waals surface area contributed by atoms with Gasteiger partial charge in [0.25, 0.3) is 0 Å². The fourth-order valence-electron chi connectivity index (χ4n) is 0.300. The molecule has 0 radical (unpaired) electrons. The zero-order valence-corrected chi connectivity index (χ0v) is 11.8. The molecule has 0 aliphatic carbocycles. The first-order valence-electron chi connectivity index (χ1n) is 2.61. The third-order valence-electron chi connectivity index (χ3n) is 0.718. The molecule has 0 saturated heterocycles. The molecule has 0 aromatic rings. The van der Waals surface area contributed by atoms with Crippen LogP contribution in [0.1, 0.15) is 19.8 Å². The second-order valence-corrected chi connectivity index (χ2v) is 2.24. The molecule has 48 valence electrons. The Bertz CT molecular complexity index is 78.2. The largest absolute Gasteiger partial charge is 1.00 e. The summed E-state index contributed by atoms with van der Waals surface area (Å²) in [5.41, 5.74) is 0. The summed E-state index contributed by atoms with van der Waals surface area (Å²) in [6, 6.07) is 0. The van der Waals surface area contributed by atoms with Gasteiger partial charge in [-0.05, 0) is 6.42 Å². The van der Waals surface area contributed by atoms with E-state index in [-0.39, 0.29) is 58.2 Å². The molecule has 0 rings (SSSR count). The zero-order chi connectivity index (χ0) is 6.41. The standard InChI is InChI=1S/C4H9O3Si.Rb/c1-2-3-4-7-8(5)6;/h2-4H2,1H3;/q-1;+1. The Morgan fingerprint density at radius 2 is 2.22 bits per heavy atom. The van der Waals surface area contributed by atoms with Gasteiger partial charge >= 0.3 is 67.4 Å². The Labute approximate surface area is 105 Å². The molecule has 0 atom stereocenters. The van der Waals surface area contributed by atoms with E-state index in [1.807, 2.05) is 6.92 Å². The molecule has 0 aromatic heterocycles. The Balaban J connectivity index is 0. The van der Waals surface area contributed by atoms with E-state index in [0.29, 0.717) is 6.61 Å². The maximum atomic E-state index is 9.73. The quantitative estimate of drug-likeness (QED) is 0.365. The Morgan fingerprint density at radius 1 is 1.67 bits per heavy atom. The van der Waals surface area contributed by atoms with Crippen LogP contribution in [0.4, 0.5) is 0 Å². The summed E-state index contributed by atoms with van der Waals surface area (Å²) in [6.07, 6.45) is 1.79. The van der Waals surface area contributed by atoms with E-state index in [1.165, 1.54) is 0 Å². The van der Waals surface area contributed by atoms with Crippen molar-refractivity contribution in [2.75, 3.05) is 6.61 Å². The third-order valence-corrected chi connectivity index (χ3v) is 1.16. The van der Waals surface area contributed by atoms with Crippen LogP contribution in [-0.2, 0) is 8.89 Å². The summed E-state index contributed by atoms with van der Waals surface area (Å²) in [5, 5.41) is 0. The molecule has 0 unspecified atom stereocenters. The summed E-state index contributed by atoms with van der Waals surface area (Å²) in [6.45, 7) is 2.32. The minimum atomic E-state index is -2.91. The Kier molecular flexibility index (Phi) is 13.7. The van der Waals surface area contributed by atoms with Gasteiger partial charge in [0.05, 0.1) is 0 Å². The number of hydrogen-bond donors (Lipinski definition) is 0. The molecular formula is C4H9O3RbSi. The van der Waals surface area contributed by atoms with Crippen LogP contribution in [0.3, 0.4) is 0 Å². The maximum Gasteiger partial charge on any atom is 1.00 e. The van der Waals surface area contributed by atoms with Crippen LogP contribution in [-0.4, -0.2) is 15.8 Å². The molecule has 0 N–H and O–H groups in total. The average Bonchev–Trinajstić information content (AvgIpc) is 1.66. The second kappa shape index (κ2) is 9.42. The first-order valence-corrected chi connectivity index (χ1v) is 3.83. The van der Waals surface area contributed by atoms with Gasteiger partial charge in [-0.1, -0.05) is 13.3 Å². The van der Waals surface area contributed by atoms with Gasteiger partial charge in [0.2, 0.25) is 0 Å². The summed E-state index contributed by atoms with van der Waals surface area (Å²) in [5.74, 6) is 0. The second-order valence-electron chi connectivity index (χ2n) is 1.45. The van der Waals surface area contributed by atoms with E-state index in [9.17, 15) is 9.26 Å². The molecular weight excluding hydrogens is 210 g/mol. The molecule has 0 saturated carbocycles. The number of rotatable bonds is 4. The minimum Gasteiger partial charge on any atom is -0.588 e. The monoisotopic (exact) mass is 218 g/mol. The first kappa shape index (κ1) is 13.0. The van der Waals surface area contributed by atoms with Crippen molar-refractivity contribution in [1.82, 2.24) is 0 Å². The maximum absolute atomic E-state index is 9.73. The first-order chi connectivity index (χ1) is 3.77. The molecule has 0 fully saturated rings. The molecule has 0 aromatic carbocycles. The van der Waals surface area contributed by atoms with Crippen molar-refractivity contribution in [3.8, 4) is 0 Å². The van der Waals surface area contributed by atoms with Crippen LogP contribution in [0.5, 0.6) is 0 Å². The fraction of sp³-hybridized carbons (Fsp3) is 1.00. The zero-order valence-electron chi connectivity index (χ0n) is 5.85. The molecule has 5 heteroatoms. The average molecular weight is 219 g/mol. The molecule has 9 heavy (non-hydrogen) atoms. The Hall–Kier alpha value is 1.42. The summed E-state index contributed by atoms with van der Waals surface area (Å²) < 4.78 is 14.0. The molecule has 0 heterocycles. The van der Waals surface area contributed by atoms with E-state index < -0.39 is 9.17 Å². The number of unbranched alkanes of at least 4 members (excludes halogenated alkanes) is 1.